The van der Waals surface area contributed by atoms with Crippen LogP contribution in [0.1, 0.15) is 25.7 Å². The third kappa shape index (κ3) is 9.19. The van der Waals surface area contributed by atoms with E-state index >= 15 is 0 Å². The molecule has 0 rings (SSSR count). The third-order valence-corrected chi connectivity index (χ3v) is 2.93. The van der Waals surface area contributed by atoms with Crippen molar-refractivity contribution in [1.82, 2.24) is 10.6 Å². The van der Waals surface area contributed by atoms with E-state index in [-0.39, 0.29) is 32.2 Å². The van der Waals surface area contributed by atoms with Crippen LogP contribution in [0.4, 0.5) is 0 Å². The molecule has 0 bridgehead atoms. The van der Waals surface area contributed by atoms with Crippen molar-refractivity contribution < 1.29 is 29.4 Å². The van der Waals surface area contributed by atoms with Crippen LogP contribution in [0.15, 0.2) is 0 Å². The summed E-state index contributed by atoms with van der Waals surface area (Å²) in [5.41, 5.74) is 5.27. The van der Waals surface area contributed by atoms with Crippen molar-refractivity contribution in [2.75, 3.05) is 12.3 Å². The van der Waals surface area contributed by atoms with E-state index in [1.807, 2.05) is 0 Å². The van der Waals surface area contributed by atoms with E-state index in [2.05, 4.69) is 23.3 Å². The highest BCUT2D eigenvalue weighted by Gasteiger charge is 2.22. The molecule has 0 aromatic rings. The summed E-state index contributed by atoms with van der Waals surface area (Å²) in [6.07, 6.45) is -0.597. The largest absolute Gasteiger partial charge is 0.481 e. The Bertz CT molecular complexity index is 418. The van der Waals surface area contributed by atoms with Gasteiger partial charge in [-0.2, -0.15) is 12.6 Å². The first kappa shape index (κ1) is 20.2. The minimum atomic E-state index is -1.22. The molecule has 0 spiro atoms. The fourth-order valence-corrected chi connectivity index (χ4v) is 1.63. The molecule has 0 aliphatic heterocycles. The maximum atomic E-state index is 11.8. The number of hydrogen-bond donors (Lipinski definition) is 6. The lowest BCUT2D eigenvalue weighted by Gasteiger charge is -2.18. The van der Waals surface area contributed by atoms with Crippen LogP contribution in [0.2, 0.25) is 0 Å². The van der Waals surface area contributed by atoms with Crippen molar-refractivity contribution in [2.24, 2.45) is 5.73 Å². The van der Waals surface area contributed by atoms with Gasteiger partial charge in [0.1, 0.15) is 12.1 Å². The molecule has 0 fully saturated rings. The zero-order chi connectivity index (χ0) is 17.1. The van der Waals surface area contributed by atoms with Gasteiger partial charge < -0.3 is 26.6 Å². The van der Waals surface area contributed by atoms with E-state index in [1.165, 1.54) is 0 Å². The molecule has 0 radical (unpaired) electrons. The molecule has 10 heteroatoms. The first-order valence-corrected chi connectivity index (χ1v) is 7.29. The number of nitrogens with one attached hydrogen (secondary N) is 2. The lowest BCUT2D eigenvalue weighted by molar-refractivity contribution is -0.140. The zero-order valence-electron chi connectivity index (χ0n) is 11.9. The van der Waals surface area contributed by atoms with Gasteiger partial charge in [-0.3, -0.25) is 19.2 Å². The van der Waals surface area contributed by atoms with Gasteiger partial charge in [-0.05, 0) is 12.8 Å². The molecule has 2 amide bonds. The number of amides is 2. The van der Waals surface area contributed by atoms with Crippen molar-refractivity contribution in [3.05, 3.63) is 0 Å². The van der Waals surface area contributed by atoms with Gasteiger partial charge in [-0.25, -0.2) is 0 Å². The predicted octanol–water partition coefficient (Wildman–Crippen LogP) is -1.43. The average Bonchev–Trinajstić information content (AvgIpc) is 2.45. The van der Waals surface area contributed by atoms with Crippen LogP contribution in [0, 0.1) is 0 Å². The van der Waals surface area contributed by atoms with Gasteiger partial charge in [0.15, 0.2) is 0 Å². The van der Waals surface area contributed by atoms with Crippen molar-refractivity contribution >= 4 is 36.4 Å². The number of aliphatic carboxylic acids is 2. The molecule has 0 aliphatic rings. The quantitative estimate of drug-likeness (QED) is 0.253. The molecule has 0 heterocycles. The topological polar surface area (TPSA) is 159 Å². The second-order valence-electron chi connectivity index (χ2n) is 4.55. The maximum Gasteiger partial charge on any atom is 0.320 e. The van der Waals surface area contributed by atoms with Crippen molar-refractivity contribution in [3.63, 3.8) is 0 Å². The number of carboxylic acids is 2. The monoisotopic (exact) mass is 335 g/mol. The second-order valence-corrected chi connectivity index (χ2v) is 5.00. The van der Waals surface area contributed by atoms with Crippen LogP contribution in [-0.2, 0) is 19.2 Å². The van der Waals surface area contributed by atoms with Crippen LogP contribution in [-0.4, -0.2) is 58.3 Å². The molecule has 0 saturated carbocycles. The van der Waals surface area contributed by atoms with E-state index in [0.29, 0.717) is 5.75 Å². The molecule has 22 heavy (non-hydrogen) atoms. The lowest BCUT2D eigenvalue weighted by Crippen LogP contribution is -2.47. The van der Waals surface area contributed by atoms with Gasteiger partial charge in [-0.15, -0.1) is 0 Å². The number of carbonyl (C=O) groups is 4. The molecular formula is C12H21N3O6S. The summed E-state index contributed by atoms with van der Waals surface area (Å²) < 4.78 is 0. The number of carbonyl (C=O) groups excluding carboxylic acids is 2. The van der Waals surface area contributed by atoms with Gasteiger partial charge in [0.2, 0.25) is 11.8 Å². The number of carboxylic acid groups (broad SMARTS) is 2. The molecule has 6 N–H and O–H groups in total. The molecule has 0 unspecified atom stereocenters. The van der Waals surface area contributed by atoms with Gasteiger partial charge in [0, 0.05) is 25.1 Å². The minimum Gasteiger partial charge on any atom is -0.481 e. The van der Waals surface area contributed by atoms with Crippen LogP contribution in [0.3, 0.4) is 0 Å². The van der Waals surface area contributed by atoms with Crippen molar-refractivity contribution in [2.45, 2.75) is 37.8 Å². The van der Waals surface area contributed by atoms with E-state index in [1.54, 1.807) is 0 Å². The Morgan fingerprint density at radius 2 is 1.73 bits per heavy atom. The SMILES string of the molecule is N[C@@H](CCC(=O)N[C@@H](CCC(=O)O)C(=O)NCCS)C(=O)O. The highest BCUT2D eigenvalue weighted by atomic mass is 32.1. The smallest absolute Gasteiger partial charge is 0.320 e. The Balaban J connectivity index is 4.47. The normalized spacial score (nSPS) is 13.0. The highest BCUT2D eigenvalue weighted by Crippen LogP contribution is 2.01. The van der Waals surface area contributed by atoms with Gasteiger partial charge in [0.05, 0.1) is 0 Å². The Kier molecular flexibility index (Phi) is 9.96. The standard InChI is InChI=1S/C12H21N3O6S/c13-7(12(20)21)1-3-9(16)15-8(2-4-10(17)18)11(19)14-5-6-22/h7-8,22H,1-6,13H2,(H,14,19)(H,15,16)(H,17,18)(H,20,21)/t7-,8-/m0/s1. The van der Waals surface area contributed by atoms with Crippen LogP contribution in [0.5, 0.6) is 0 Å². The molecule has 0 aromatic carbocycles. The average molecular weight is 335 g/mol. The summed E-state index contributed by atoms with van der Waals surface area (Å²) in [6, 6.07) is -2.16. The van der Waals surface area contributed by atoms with E-state index < -0.39 is 35.8 Å². The molecule has 0 saturated heterocycles. The Hall–Kier alpha value is -1.81. The molecule has 2 atom stereocenters. The Labute approximate surface area is 133 Å². The predicted molar refractivity (Wildman–Crippen MR) is 80.5 cm³/mol. The molecule has 0 aromatic heterocycles. The summed E-state index contributed by atoms with van der Waals surface area (Å²) >= 11 is 3.93. The summed E-state index contributed by atoms with van der Waals surface area (Å²) in [6.45, 7) is 0.283. The van der Waals surface area contributed by atoms with E-state index in [4.69, 9.17) is 15.9 Å². The molecule has 0 aliphatic carbocycles. The number of hydrogen-bond acceptors (Lipinski definition) is 6. The highest BCUT2D eigenvalue weighted by molar-refractivity contribution is 7.80. The van der Waals surface area contributed by atoms with Crippen molar-refractivity contribution in [1.29, 1.82) is 0 Å². The summed E-state index contributed by atoms with van der Waals surface area (Å²) in [4.78, 5) is 44.6. The fourth-order valence-electron chi connectivity index (χ4n) is 1.52. The third-order valence-electron chi connectivity index (χ3n) is 2.71. The van der Waals surface area contributed by atoms with E-state index in [0.717, 1.165) is 0 Å². The van der Waals surface area contributed by atoms with Crippen LogP contribution in [0.25, 0.3) is 0 Å². The number of rotatable bonds is 11. The number of nitrogens with two attached hydrogens (primary N) is 1. The molecule has 126 valence electrons. The first-order valence-electron chi connectivity index (χ1n) is 6.66. The lowest BCUT2D eigenvalue weighted by atomic mass is 10.1. The van der Waals surface area contributed by atoms with Gasteiger partial charge in [0.25, 0.3) is 0 Å². The molecular weight excluding hydrogens is 314 g/mol. The van der Waals surface area contributed by atoms with Crippen LogP contribution >= 0.6 is 12.6 Å². The maximum absolute atomic E-state index is 11.8. The summed E-state index contributed by atoms with van der Waals surface area (Å²) in [5, 5.41) is 22.2. The van der Waals surface area contributed by atoms with E-state index in [9.17, 15) is 19.2 Å². The minimum absolute atomic E-state index is 0.0650. The zero-order valence-corrected chi connectivity index (χ0v) is 12.8. The fraction of sp³-hybridized carbons (Fsp3) is 0.667. The Morgan fingerprint density at radius 1 is 1.09 bits per heavy atom. The molecule has 9 nitrogen and oxygen atoms in total. The second kappa shape index (κ2) is 10.9. The first-order chi connectivity index (χ1) is 10.3. The summed E-state index contributed by atoms with van der Waals surface area (Å²) in [7, 11) is 0. The Morgan fingerprint density at radius 3 is 2.23 bits per heavy atom. The van der Waals surface area contributed by atoms with Crippen molar-refractivity contribution in [3.8, 4) is 0 Å². The number of thiol groups is 1. The van der Waals surface area contributed by atoms with Crippen LogP contribution < -0.4 is 16.4 Å². The summed E-state index contributed by atoms with van der Waals surface area (Å²) in [5.74, 6) is -2.98. The van der Waals surface area contributed by atoms with Gasteiger partial charge >= 0.3 is 11.9 Å². The van der Waals surface area contributed by atoms with Gasteiger partial charge in [-0.1, -0.05) is 0 Å².